The summed E-state index contributed by atoms with van der Waals surface area (Å²) in [4.78, 5) is 13.4. The van der Waals surface area contributed by atoms with Gasteiger partial charge in [-0.1, -0.05) is 35.5 Å². The summed E-state index contributed by atoms with van der Waals surface area (Å²) < 4.78 is 13.4. The molecule has 148 valence electrons. The third-order valence-corrected chi connectivity index (χ3v) is 4.92. The summed E-state index contributed by atoms with van der Waals surface area (Å²) in [5.41, 5.74) is 5.31. The van der Waals surface area contributed by atoms with E-state index in [1.54, 1.807) is 18.6 Å². The Morgan fingerprint density at radius 3 is 2.63 bits per heavy atom. The smallest absolute Gasteiger partial charge is 0.303 e. The molecule has 5 rings (SSSR count). The van der Waals surface area contributed by atoms with E-state index < -0.39 is 0 Å². The zero-order chi connectivity index (χ0) is 20.5. The number of rotatable bonds is 5. The van der Waals surface area contributed by atoms with Gasteiger partial charge in [0.25, 0.3) is 0 Å². The summed E-state index contributed by atoms with van der Waals surface area (Å²) in [6.07, 6.45) is 5.13. The minimum Gasteiger partial charge on any atom is -0.424 e. The molecule has 5 aromatic rings. The van der Waals surface area contributed by atoms with Gasteiger partial charge >= 0.3 is 6.01 Å². The van der Waals surface area contributed by atoms with Crippen LogP contribution in [-0.2, 0) is 6.54 Å². The molecule has 7 nitrogen and oxygen atoms in total. The first kappa shape index (κ1) is 18.1. The normalized spacial score (nSPS) is 11.1. The highest BCUT2D eigenvalue weighted by Crippen LogP contribution is 2.31. The van der Waals surface area contributed by atoms with Crippen LogP contribution in [0, 0.1) is 13.8 Å². The molecule has 0 N–H and O–H groups in total. The molecule has 0 aliphatic heterocycles. The summed E-state index contributed by atoms with van der Waals surface area (Å²) in [6.45, 7) is 4.41. The molecule has 0 aliphatic carbocycles. The number of hydrogen-bond donors (Lipinski definition) is 0. The standard InChI is InChI=1S/C23H19N5O2/c1-15-22(16(2)30-27-15)19-11-21-20(13-25-19)26-23(29-18-9-6-10-24-12-18)28(21)14-17-7-4-3-5-8-17/h3-13H,14H2,1-2H3. The van der Waals surface area contributed by atoms with Crippen molar-refractivity contribution in [2.24, 2.45) is 0 Å². The number of pyridine rings is 2. The Labute approximate surface area is 173 Å². The maximum absolute atomic E-state index is 6.08. The molecule has 0 amide bonds. The Hall–Kier alpha value is -4.00. The average Bonchev–Trinajstić information content (AvgIpc) is 3.28. The van der Waals surface area contributed by atoms with E-state index in [1.165, 1.54) is 0 Å². The quantitative estimate of drug-likeness (QED) is 0.418. The number of ether oxygens (including phenoxy) is 1. The van der Waals surface area contributed by atoms with Crippen LogP contribution >= 0.6 is 0 Å². The Bertz CT molecular complexity index is 1290. The van der Waals surface area contributed by atoms with Crippen LogP contribution in [0.5, 0.6) is 11.8 Å². The van der Waals surface area contributed by atoms with Gasteiger partial charge in [0.1, 0.15) is 17.0 Å². The van der Waals surface area contributed by atoms with E-state index in [0.717, 1.165) is 39.3 Å². The second-order valence-corrected chi connectivity index (χ2v) is 7.01. The zero-order valence-corrected chi connectivity index (χ0v) is 16.6. The van der Waals surface area contributed by atoms with Crippen LogP contribution < -0.4 is 4.74 Å². The van der Waals surface area contributed by atoms with Crippen LogP contribution in [0.4, 0.5) is 0 Å². The fraction of sp³-hybridized carbons (Fsp3) is 0.130. The molecule has 0 saturated carbocycles. The van der Waals surface area contributed by atoms with Crippen molar-refractivity contribution in [3.63, 3.8) is 0 Å². The molecular formula is C23H19N5O2. The lowest BCUT2D eigenvalue weighted by Crippen LogP contribution is -2.03. The van der Waals surface area contributed by atoms with Gasteiger partial charge in [0, 0.05) is 6.20 Å². The van der Waals surface area contributed by atoms with Gasteiger partial charge in [0.2, 0.25) is 0 Å². The van der Waals surface area contributed by atoms with E-state index >= 15 is 0 Å². The number of fused-ring (bicyclic) bond motifs is 1. The van der Waals surface area contributed by atoms with Crippen molar-refractivity contribution in [2.75, 3.05) is 0 Å². The van der Waals surface area contributed by atoms with Crippen LogP contribution in [0.1, 0.15) is 17.0 Å². The van der Waals surface area contributed by atoms with Gasteiger partial charge in [-0.3, -0.25) is 14.5 Å². The summed E-state index contributed by atoms with van der Waals surface area (Å²) in [6, 6.07) is 16.4. The Morgan fingerprint density at radius 1 is 1.03 bits per heavy atom. The van der Waals surface area contributed by atoms with Gasteiger partial charge in [-0.05, 0) is 37.6 Å². The molecule has 0 bridgehead atoms. The highest BCUT2D eigenvalue weighted by Gasteiger charge is 2.18. The van der Waals surface area contributed by atoms with Gasteiger partial charge in [-0.2, -0.15) is 4.98 Å². The molecule has 1 aromatic carbocycles. The number of imidazole rings is 1. The minimum atomic E-state index is 0.486. The predicted octanol–water partition coefficient (Wildman–Crippen LogP) is 4.94. The van der Waals surface area contributed by atoms with Gasteiger partial charge in [0.15, 0.2) is 0 Å². The second kappa shape index (κ2) is 7.44. The third-order valence-electron chi connectivity index (χ3n) is 4.92. The van der Waals surface area contributed by atoms with Crippen molar-refractivity contribution in [1.29, 1.82) is 0 Å². The number of benzene rings is 1. The number of aryl methyl sites for hydroxylation is 2. The summed E-state index contributed by atoms with van der Waals surface area (Å²) in [5.74, 6) is 1.36. The molecule has 0 aliphatic rings. The van der Waals surface area contributed by atoms with Gasteiger partial charge in [-0.25, -0.2) is 0 Å². The summed E-state index contributed by atoms with van der Waals surface area (Å²) in [7, 11) is 0. The Kier molecular flexibility index (Phi) is 4.48. The van der Waals surface area contributed by atoms with Crippen molar-refractivity contribution in [1.82, 2.24) is 24.7 Å². The molecule has 0 atom stereocenters. The Morgan fingerprint density at radius 2 is 1.90 bits per heavy atom. The fourth-order valence-corrected chi connectivity index (χ4v) is 3.50. The van der Waals surface area contributed by atoms with Crippen molar-refractivity contribution >= 4 is 11.0 Å². The van der Waals surface area contributed by atoms with E-state index in [2.05, 4.69) is 32.2 Å². The molecule has 0 radical (unpaired) electrons. The first-order valence-corrected chi connectivity index (χ1v) is 9.60. The van der Waals surface area contributed by atoms with Gasteiger partial charge < -0.3 is 9.26 Å². The Balaban J connectivity index is 1.66. The monoisotopic (exact) mass is 397 g/mol. The van der Waals surface area contributed by atoms with E-state index in [9.17, 15) is 0 Å². The summed E-state index contributed by atoms with van der Waals surface area (Å²) in [5, 5.41) is 4.05. The topological polar surface area (TPSA) is 78.9 Å². The predicted molar refractivity (Wildman–Crippen MR) is 112 cm³/mol. The lowest BCUT2D eigenvalue weighted by atomic mass is 10.1. The van der Waals surface area contributed by atoms with Crippen LogP contribution in [0.3, 0.4) is 0 Å². The molecule has 0 saturated heterocycles. The van der Waals surface area contributed by atoms with Crippen LogP contribution in [0.2, 0.25) is 0 Å². The number of nitrogens with zero attached hydrogens (tertiary/aromatic N) is 5. The zero-order valence-electron chi connectivity index (χ0n) is 16.6. The lowest BCUT2D eigenvalue weighted by Gasteiger charge is -2.10. The largest absolute Gasteiger partial charge is 0.424 e. The highest BCUT2D eigenvalue weighted by molar-refractivity contribution is 5.81. The molecule has 0 fully saturated rings. The highest BCUT2D eigenvalue weighted by atomic mass is 16.5. The van der Waals surface area contributed by atoms with Crippen LogP contribution in [-0.4, -0.2) is 24.7 Å². The van der Waals surface area contributed by atoms with E-state index in [0.29, 0.717) is 18.3 Å². The maximum Gasteiger partial charge on any atom is 0.303 e. The van der Waals surface area contributed by atoms with E-state index in [4.69, 9.17) is 9.26 Å². The molecule has 0 spiro atoms. The molecular weight excluding hydrogens is 378 g/mol. The minimum absolute atomic E-state index is 0.486. The SMILES string of the molecule is Cc1noc(C)c1-c1cc2c(cn1)nc(Oc1cccnc1)n2Cc1ccccc1. The van der Waals surface area contributed by atoms with Crippen molar-refractivity contribution in [2.45, 2.75) is 20.4 Å². The average molecular weight is 397 g/mol. The molecule has 7 heteroatoms. The van der Waals surface area contributed by atoms with E-state index in [1.807, 2.05) is 54.8 Å². The molecule has 0 unspecified atom stereocenters. The number of hydrogen-bond acceptors (Lipinski definition) is 6. The first-order chi connectivity index (χ1) is 14.7. The molecule has 4 aromatic heterocycles. The van der Waals surface area contributed by atoms with Crippen LogP contribution in [0.15, 0.2) is 71.6 Å². The third kappa shape index (κ3) is 3.30. The molecule has 4 heterocycles. The lowest BCUT2D eigenvalue weighted by molar-refractivity contribution is 0.393. The van der Waals surface area contributed by atoms with Crippen molar-refractivity contribution < 1.29 is 9.26 Å². The second-order valence-electron chi connectivity index (χ2n) is 7.01. The van der Waals surface area contributed by atoms with Gasteiger partial charge in [0.05, 0.1) is 41.4 Å². The van der Waals surface area contributed by atoms with Crippen LogP contribution in [0.25, 0.3) is 22.3 Å². The maximum atomic E-state index is 6.08. The first-order valence-electron chi connectivity index (χ1n) is 9.60. The van der Waals surface area contributed by atoms with Crippen molar-refractivity contribution in [3.8, 4) is 23.0 Å². The fourth-order valence-electron chi connectivity index (χ4n) is 3.50. The van der Waals surface area contributed by atoms with Crippen molar-refractivity contribution in [3.05, 3.63) is 84.1 Å². The molecule has 30 heavy (non-hydrogen) atoms. The van der Waals surface area contributed by atoms with Gasteiger partial charge in [-0.15, -0.1) is 0 Å². The van der Waals surface area contributed by atoms with E-state index in [-0.39, 0.29) is 0 Å². The number of aromatic nitrogens is 5. The summed E-state index contributed by atoms with van der Waals surface area (Å²) >= 11 is 0.